The minimum Gasteiger partial charge on any atom is -0.259 e. The minimum atomic E-state index is -0.451. The summed E-state index contributed by atoms with van der Waals surface area (Å²) in [5.74, 6) is -0.363. The molecular formula is C10H10FNO2S. The van der Waals surface area contributed by atoms with Crippen LogP contribution in [-0.2, 0) is 0 Å². The lowest BCUT2D eigenvalue weighted by Crippen LogP contribution is -1.95. The van der Waals surface area contributed by atoms with Crippen LogP contribution in [0.5, 0.6) is 0 Å². The third kappa shape index (κ3) is 3.36. The Hall–Kier alpha value is -1.36. The van der Waals surface area contributed by atoms with Crippen molar-refractivity contribution in [2.75, 3.05) is 0 Å². The van der Waals surface area contributed by atoms with E-state index in [0.717, 1.165) is 11.8 Å². The maximum Gasteiger partial charge on any atom is 0.252 e. The number of hydrogen-bond donors (Lipinski definition) is 0. The zero-order valence-electron chi connectivity index (χ0n) is 8.14. The standard InChI is InChI=1S/C10H10FNO2S/c1-2-8(12(13)14)7-15-10-6-4-3-5-9(10)11/h3-7H,2H2,1H3. The lowest BCUT2D eigenvalue weighted by Gasteiger charge is -1.98. The van der Waals surface area contributed by atoms with E-state index >= 15 is 0 Å². The molecule has 1 aromatic rings. The summed E-state index contributed by atoms with van der Waals surface area (Å²) in [4.78, 5) is 10.4. The number of benzene rings is 1. The van der Waals surface area contributed by atoms with Crippen molar-refractivity contribution in [1.82, 2.24) is 0 Å². The van der Waals surface area contributed by atoms with Gasteiger partial charge in [0, 0.05) is 16.7 Å². The maximum atomic E-state index is 13.1. The molecule has 0 aromatic heterocycles. The second kappa shape index (κ2) is 5.50. The third-order valence-corrected chi connectivity index (χ3v) is 2.73. The van der Waals surface area contributed by atoms with Gasteiger partial charge in [-0.2, -0.15) is 0 Å². The highest BCUT2D eigenvalue weighted by Crippen LogP contribution is 2.24. The van der Waals surface area contributed by atoms with Gasteiger partial charge in [0.1, 0.15) is 5.82 Å². The van der Waals surface area contributed by atoms with Gasteiger partial charge in [0.05, 0.1) is 4.92 Å². The second-order valence-corrected chi connectivity index (χ2v) is 3.68. The molecule has 3 nitrogen and oxygen atoms in total. The van der Waals surface area contributed by atoms with E-state index in [2.05, 4.69) is 0 Å². The van der Waals surface area contributed by atoms with E-state index in [9.17, 15) is 14.5 Å². The van der Waals surface area contributed by atoms with Crippen molar-refractivity contribution in [1.29, 1.82) is 0 Å². The summed E-state index contributed by atoms with van der Waals surface area (Å²) in [7, 11) is 0. The summed E-state index contributed by atoms with van der Waals surface area (Å²) >= 11 is 1.03. The fraction of sp³-hybridized carbons (Fsp3) is 0.200. The van der Waals surface area contributed by atoms with Crippen molar-refractivity contribution in [3.05, 3.63) is 51.3 Å². The van der Waals surface area contributed by atoms with E-state index < -0.39 is 4.92 Å². The predicted octanol–water partition coefficient (Wildman–Crippen LogP) is 3.45. The Kier molecular flexibility index (Phi) is 4.30. The van der Waals surface area contributed by atoms with Gasteiger partial charge in [-0.05, 0) is 12.1 Å². The Balaban J connectivity index is 2.79. The average molecular weight is 227 g/mol. The van der Waals surface area contributed by atoms with Crippen molar-refractivity contribution in [2.24, 2.45) is 0 Å². The van der Waals surface area contributed by atoms with Crippen LogP contribution in [-0.4, -0.2) is 4.92 Å². The molecule has 0 aliphatic rings. The van der Waals surface area contributed by atoms with Gasteiger partial charge in [-0.25, -0.2) is 4.39 Å². The lowest BCUT2D eigenvalue weighted by atomic mass is 10.3. The molecule has 0 fully saturated rings. The molecule has 0 radical (unpaired) electrons. The first-order chi connectivity index (χ1) is 7.15. The van der Waals surface area contributed by atoms with E-state index in [1.165, 1.54) is 11.5 Å². The number of halogens is 1. The third-order valence-electron chi connectivity index (χ3n) is 1.76. The van der Waals surface area contributed by atoms with Crippen LogP contribution in [0.3, 0.4) is 0 Å². The van der Waals surface area contributed by atoms with Gasteiger partial charge >= 0.3 is 0 Å². The molecule has 15 heavy (non-hydrogen) atoms. The molecule has 0 aliphatic carbocycles. The molecule has 0 atom stereocenters. The van der Waals surface area contributed by atoms with Gasteiger partial charge in [0.25, 0.3) is 5.70 Å². The fourth-order valence-electron chi connectivity index (χ4n) is 0.927. The molecule has 1 rings (SSSR count). The number of nitro groups is 1. The number of thioether (sulfide) groups is 1. The minimum absolute atomic E-state index is 0.0863. The monoisotopic (exact) mass is 227 g/mol. The molecule has 5 heteroatoms. The molecule has 0 amide bonds. The Morgan fingerprint density at radius 3 is 2.80 bits per heavy atom. The molecular weight excluding hydrogens is 217 g/mol. The van der Waals surface area contributed by atoms with Crippen molar-refractivity contribution in [3.63, 3.8) is 0 Å². The topological polar surface area (TPSA) is 43.1 Å². The van der Waals surface area contributed by atoms with Gasteiger partial charge in [0.15, 0.2) is 0 Å². The number of allylic oxidation sites excluding steroid dienone is 1. The highest BCUT2D eigenvalue weighted by molar-refractivity contribution is 8.02. The van der Waals surface area contributed by atoms with Crippen LogP contribution in [0.15, 0.2) is 40.3 Å². The summed E-state index contributed by atoms with van der Waals surface area (Å²) in [5.41, 5.74) is 0.0863. The van der Waals surface area contributed by atoms with Gasteiger partial charge in [-0.15, -0.1) is 0 Å². The normalized spacial score (nSPS) is 11.5. The van der Waals surface area contributed by atoms with Crippen LogP contribution in [0.4, 0.5) is 4.39 Å². The van der Waals surface area contributed by atoms with E-state index in [-0.39, 0.29) is 11.5 Å². The molecule has 0 aliphatic heterocycles. The summed E-state index contributed by atoms with van der Waals surface area (Å²) in [5, 5.41) is 11.8. The summed E-state index contributed by atoms with van der Waals surface area (Å²) < 4.78 is 13.1. The van der Waals surface area contributed by atoms with Crippen LogP contribution in [0, 0.1) is 15.9 Å². The fourth-order valence-corrected chi connectivity index (χ4v) is 1.78. The van der Waals surface area contributed by atoms with Gasteiger partial charge < -0.3 is 0 Å². The zero-order valence-corrected chi connectivity index (χ0v) is 8.96. The molecule has 0 spiro atoms. The van der Waals surface area contributed by atoms with E-state index in [0.29, 0.717) is 11.3 Å². The summed E-state index contributed by atoms with van der Waals surface area (Å²) in [6.45, 7) is 1.69. The van der Waals surface area contributed by atoms with Crippen LogP contribution in [0.1, 0.15) is 13.3 Å². The van der Waals surface area contributed by atoms with Crippen molar-refractivity contribution >= 4 is 11.8 Å². The zero-order chi connectivity index (χ0) is 11.3. The molecule has 80 valence electrons. The largest absolute Gasteiger partial charge is 0.259 e. The van der Waals surface area contributed by atoms with Crippen molar-refractivity contribution in [3.8, 4) is 0 Å². The van der Waals surface area contributed by atoms with Gasteiger partial charge in [-0.1, -0.05) is 30.8 Å². The van der Waals surface area contributed by atoms with E-state index in [1.807, 2.05) is 0 Å². The maximum absolute atomic E-state index is 13.1. The quantitative estimate of drug-likeness (QED) is 0.449. The van der Waals surface area contributed by atoms with Crippen LogP contribution in [0.2, 0.25) is 0 Å². The number of hydrogen-bond acceptors (Lipinski definition) is 3. The lowest BCUT2D eigenvalue weighted by molar-refractivity contribution is -0.427. The highest BCUT2D eigenvalue weighted by Gasteiger charge is 2.07. The molecule has 0 saturated heterocycles. The van der Waals surface area contributed by atoms with Crippen LogP contribution >= 0.6 is 11.8 Å². The Morgan fingerprint density at radius 2 is 2.27 bits per heavy atom. The number of rotatable bonds is 4. The Bertz CT molecular complexity index is 393. The Labute approximate surface area is 91.1 Å². The smallest absolute Gasteiger partial charge is 0.252 e. The molecule has 0 bridgehead atoms. The van der Waals surface area contributed by atoms with E-state index in [1.54, 1.807) is 25.1 Å². The summed E-state index contributed by atoms with van der Waals surface area (Å²) in [6, 6.07) is 6.19. The van der Waals surface area contributed by atoms with Gasteiger partial charge in [-0.3, -0.25) is 10.1 Å². The van der Waals surface area contributed by atoms with Crippen molar-refractivity contribution in [2.45, 2.75) is 18.2 Å². The molecule has 0 N–H and O–H groups in total. The highest BCUT2D eigenvalue weighted by atomic mass is 32.2. The second-order valence-electron chi connectivity index (χ2n) is 2.77. The molecule has 0 unspecified atom stereocenters. The first-order valence-electron chi connectivity index (χ1n) is 4.39. The SMILES string of the molecule is CCC(=CSc1ccccc1F)[N+](=O)[O-]. The van der Waals surface area contributed by atoms with Crippen LogP contribution in [0.25, 0.3) is 0 Å². The van der Waals surface area contributed by atoms with Crippen molar-refractivity contribution < 1.29 is 9.31 Å². The van der Waals surface area contributed by atoms with E-state index in [4.69, 9.17) is 0 Å². The average Bonchev–Trinajstić information content (AvgIpc) is 2.21. The predicted molar refractivity (Wildman–Crippen MR) is 57.6 cm³/mol. The first-order valence-corrected chi connectivity index (χ1v) is 5.27. The Morgan fingerprint density at radius 1 is 1.60 bits per heavy atom. The van der Waals surface area contributed by atoms with Crippen LogP contribution < -0.4 is 0 Å². The first kappa shape index (κ1) is 11.7. The van der Waals surface area contributed by atoms with Gasteiger partial charge in [0.2, 0.25) is 0 Å². The molecule has 1 aromatic carbocycles. The number of nitrogens with zero attached hydrogens (tertiary/aromatic N) is 1. The molecule has 0 heterocycles. The summed E-state index contributed by atoms with van der Waals surface area (Å²) in [6.07, 6.45) is 0.328. The molecule has 0 saturated carbocycles.